The van der Waals surface area contributed by atoms with Crippen molar-refractivity contribution in [1.29, 1.82) is 0 Å². The zero-order chi connectivity index (χ0) is 19.8. The number of aromatic nitrogens is 2. The number of hydrogen-bond donors (Lipinski definition) is 2. The van der Waals surface area contributed by atoms with Crippen LogP contribution in [0.1, 0.15) is 18.7 Å². The monoisotopic (exact) mass is 420 g/mol. The average Bonchev–Trinajstić information content (AvgIpc) is 3.14. The second kappa shape index (κ2) is 6.99. The topological polar surface area (TPSA) is 161 Å². The molecule has 0 saturated heterocycles. The van der Waals surface area contributed by atoms with Crippen LogP contribution >= 0.6 is 0 Å². The lowest BCUT2D eigenvalue weighted by molar-refractivity contribution is 0.442. The van der Waals surface area contributed by atoms with Crippen molar-refractivity contribution in [3.63, 3.8) is 0 Å². The van der Waals surface area contributed by atoms with Gasteiger partial charge in [-0.2, -0.15) is 16.8 Å². The molecule has 0 aliphatic heterocycles. The Morgan fingerprint density at radius 1 is 1.04 bits per heavy atom. The van der Waals surface area contributed by atoms with E-state index in [4.69, 9.17) is 17.9 Å². The number of halogens is 1. The lowest BCUT2D eigenvalue weighted by Crippen LogP contribution is -2.29. The summed E-state index contributed by atoms with van der Waals surface area (Å²) in [4.78, 5) is 0. The van der Waals surface area contributed by atoms with Crippen molar-refractivity contribution in [2.75, 3.05) is 0 Å². The molecule has 2 aromatic heterocycles. The van der Waals surface area contributed by atoms with Crippen LogP contribution in [0.4, 0.5) is 4.39 Å². The molecule has 0 aliphatic rings. The van der Waals surface area contributed by atoms with Gasteiger partial charge in [0, 0.05) is 11.8 Å². The molecular formula is C14H13FN2O8S2. The number of furan rings is 1. The molecule has 2 heterocycles. The zero-order valence-electron chi connectivity index (χ0n) is 13.4. The molecule has 0 atom stereocenters. The van der Waals surface area contributed by atoms with Crippen LogP contribution in [0.3, 0.4) is 0 Å². The van der Waals surface area contributed by atoms with Crippen molar-refractivity contribution in [2.24, 2.45) is 0 Å². The largest absolute Gasteiger partial charge is 0.451 e. The lowest BCUT2D eigenvalue weighted by Gasteiger charge is -2.09. The maximum atomic E-state index is 13.2. The molecule has 0 aliphatic carbocycles. The third kappa shape index (κ3) is 4.50. The summed E-state index contributed by atoms with van der Waals surface area (Å²) in [6.45, 7) is 0. The van der Waals surface area contributed by atoms with Gasteiger partial charge in [-0.15, -0.1) is 10.2 Å². The third-order valence-corrected chi connectivity index (χ3v) is 6.91. The summed E-state index contributed by atoms with van der Waals surface area (Å²) < 4.78 is 83.6. The van der Waals surface area contributed by atoms with Gasteiger partial charge in [0.1, 0.15) is 11.4 Å². The van der Waals surface area contributed by atoms with Crippen LogP contribution < -0.4 is 0 Å². The number of fused-ring (bicyclic) bond motifs is 1. The summed E-state index contributed by atoms with van der Waals surface area (Å²) >= 11 is 0. The van der Waals surface area contributed by atoms with Crippen molar-refractivity contribution in [1.82, 2.24) is 10.2 Å². The van der Waals surface area contributed by atoms with Crippen molar-refractivity contribution < 1.29 is 39.2 Å². The maximum absolute atomic E-state index is 13.2. The van der Waals surface area contributed by atoms with Crippen LogP contribution in [-0.2, 0) is 26.7 Å². The van der Waals surface area contributed by atoms with Crippen molar-refractivity contribution in [3.05, 3.63) is 36.0 Å². The first-order valence-corrected chi connectivity index (χ1v) is 10.5. The van der Waals surface area contributed by atoms with E-state index >= 15 is 0 Å². The first-order valence-electron chi connectivity index (χ1n) is 7.48. The Morgan fingerprint density at radius 3 is 2.41 bits per heavy atom. The van der Waals surface area contributed by atoms with E-state index in [9.17, 15) is 21.2 Å². The van der Waals surface area contributed by atoms with Crippen molar-refractivity contribution in [3.8, 4) is 11.7 Å². The molecular weight excluding hydrogens is 407 g/mol. The molecule has 0 spiro atoms. The van der Waals surface area contributed by atoms with E-state index in [1.54, 1.807) is 0 Å². The van der Waals surface area contributed by atoms with Crippen LogP contribution in [0.5, 0.6) is 0 Å². The minimum atomic E-state index is -4.98. The van der Waals surface area contributed by atoms with E-state index in [0.29, 0.717) is 11.0 Å². The molecule has 0 saturated carbocycles. The van der Waals surface area contributed by atoms with Gasteiger partial charge >= 0.3 is 0 Å². The van der Waals surface area contributed by atoms with Gasteiger partial charge in [0.2, 0.25) is 10.5 Å². The highest BCUT2D eigenvalue weighted by molar-refractivity contribution is 8.03. The molecule has 1 aromatic carbocycles. The summed E-state index contributed by atoms with van der Waals surface area (Å²) in [5.41, 5.74) is 0.412. The first kappa shape index (κ1) is 19.4. The van der Waals surface area contributed by atoms with E-state index in [1.807, 2.05) is 0 Å². The zero-order valence-corrected chi connectivity index (χ0v) is 15.1. The first-order chi connectivity index (χ1) is 12.5. The highest BCUT2D eigenvalue weighted by Gasteiger charge is 2.34. The van der Waals surface area contributed by atoms with Gasteiger partial charge in [-0.25, -0.2) is 4.39 Å². The Hall–Kier alpha value is -2.35. The fourth-order valence-electron chi connectivity index (χ4n) is 2.45. The van der Waals surface area contributed by atoms with Crippen LogP contribution in [0.25, 0.3) is 22.6 Å². The Bertz CT molecular complexity index is 1150. The van der Waals surface area contributed by atoms with Crippen molar-refractivity contribution >= 4 is 31.2 Å². The minimum Gasteiger partial charge on any atom is -0.451 e. The van der Waals surface area contributed by atoms with Gasteiger partial charge in [0.05, 0.1) is 0 Å². The smallest absolute Gasteiger partial charge is 0.284 e. The fraction of sp³-hybridized carbons (Fsp3) is 0.286. The highest BCUT2D eigenvalue weighted by atomic mass is 32.3. The molecule has 3 aromatic rings. The Labute approximate surface area is 152 Å². The van der Waals surface area contributed by atoms with E-state index in [-0.39, 0.29) is 30.4 Å². The molecule has 2 N–H and O–H groups in total. The number of rotatable bonds is 7. The Kier molecular flexibility index (Phi) is 5.03. The summed E-state index contributed by atoms with van der Waals surface area (Å²) in [5, 5.41) is 7.98. The average molecular weight is 420 g/mol. The molecule has 3 rings (SSSR count). The van der Waals surface area contributed by atoms with E-state index in [1.165, 1.54) is 24.3 Å². The van der Waals surface area contributed by atoms with Crippen LogP contribution in [0.2, 0.25) is 0 Å². The number of nitrogens with zero attached hydrogens (tertiary/aromatic N) is 2. The molecule has 13 heteroatoms. The Balaban J connectivity index is 1.70. The molecule has 0 bridgehead atoms. The van der Waals surface area contributed by atoms with Gasteiger partial charge in [-0.05, 0) is 37.1 Å². The summed E-state index contributed by atoms with van der Waals surface area (Å²) in [7, 11) is -9.97. The van der Waals surface area contributed by atoms with Gasteiger partial charge in [0.15, 0.2) is 5.76 Å². The second-order valence-electron chi connectivity index (χ2n) is 5.65. The number of aryl methyl sites for hydroxylation is 1. The molecule has 0 amide bonds. The second-order valence-corrected chi connectivity index (χ2v) is 9.14. The summed E-state index contributed by atoms with van der Waals surface area (Å²) in [6.07, 6.45) is -0.667. The van der Waals surface area contributed by atoms with Gasteiger partial charge in [-0.3, -0.25) is 9.11 Å². The fourth-order valence-corrected chi connectivity index (χ4v) is 4.60. The predicted molar refractivity (Wildman–Crippen MR) is 89.3 cm³/mol. The standard InChI is InChI=1S/C14H13FN2O8S2/c15-9-4-5-10-8(6-9)7-11(24-10)14-17-16-12(25-14)2-1-3-13(26(18,19)20)27(21,22)23/h4-7,13H,1-3H2,(H,18,19,20)(H,21,22,23). The minimum absolute atomic E-state index is 0.00252. The quantitative estimate of drug-likeness (QED) is 0.541. The van der Waals surface area contributed by atoms with Gasteiger partial charge < -0.3 is 8.83 Å². The summed E-state index contributed by atoms with van der Waals surface area (Å²) in [5.74, 6) is -0.180. The van der Waals surface area contributed by atoms with Gasteiger partial charge in [-0.1, -0.05) is 0 Å². The van der Waals surface area contributed by atoms with Gasteiger partial charge in [0.25, 0.3) is 26.1 Å². The molecule has 27 heavy (non-hydrogen) atoms. The third-order valence-electron chi connectivity index (χ3n) is 3.65. The molecule has 10 nitrogen and oxygen atoms in total. The number of benzene rings is 1. The Morgan fingerprint density at radius 2 is 1.74 bits per heavy atom. The van der Waals surface area contributed by atoms with E-state index in [0.717, 1.165) is 0 Å². The van der Waals surface area contributed by atoms with E-state index < -0.39 is 37.1 Å². The van der Waals surface area contributed by atoms with Crippen LogP contribution in [0, 0.1) is 5.82 Å². The van der Waals surface area contributed by atoms with Crippen molar-refractivity contribution in [2.45, 2.75) is 23.8 Å². The lowest BCUT2D eigenvalue weighted by atomic mass is 10.2. The highest BCUT2D eigenvalue weighted by Crippen LogP contribution is 2.27. The molecule has 146 valence electrons. The SMILES string of the molecule is O=S(=O)(O)C(CCCc1nnc(-c2cc3cc(F)ccc3o2)o1)S(=O)(=O)O. The molecule has 0 unspecified atom stereocenters. The normalized spacial score (nSPS) is 12.9. The number of hydrogen-bond acceptors (Lipinski definition) is 8. The van der Waals surface area contributed by atoms with Crippen LogP contribution in [0.15, 0.2) is 33.1 Å². The van der Waals surface area contributed by atoms with E-state index in [2.05, 4.69) is 10.2 Å². The predicted octanol–water partition coefficient (Wildman–Crippen LogP) is 2.05. The molecule has 0 radical (unpaired) electrons. The maximum Gasteiger partial charge on any atom is 0.284 e. The summed E-state index contributed by atoms with van der Waals surface area (Å²) in [6, 6.07) is 5.44. The molecule has 0 fully saturated rings. The van der Waals surface area contributed by atoms with Crippen LogP contribution in [-0.4, -0.2) is 40.7 Å².